The van der Waals surface area contributed by atoms with Gasteiger partial charge in [0.25, 0.3) is 0 Å². The van der Waals surface area contributed by atoms with Crippen LogP contribution < -0.4 is 0 Å². The van der Waals surface area contributed by atoms with Crippen LogP contribution in [0.1, 0.15) is 67.2 Å². The maximum absolute atomic E-state index is 10.6. The summed E-state index contributed by atoms with van der Waals surface area (Å²) in [5.41, 5.74) is 1.78. The molecule has 0 aromatic heterocycles. The lowest BCUT2D eigenvalue weighted by Gasteiger charge is -2.44. The second-order valence-corrected chi connectivity index (χ2v) is 6.92. The predicted molar refractivity (Wildman–Crippen MR) is 88.7 cm³/mol. The lowest BCUT2D eigenvalue weighted by molar-refractivity contribution is -0.0415. The highest BCUT2D eigenvalue weighted by atomic mass is 16.3. The molecule has 1 rings (SSSR count). The van der Waals surface area contributed by atoms with Gasteiger partial charge in [-0.3, -0.25) is 0 Å². The minimum absolute atomic E-state index is 0.184. The molecule has 20 heavy (non-hydrogen) atoms. The zero-order valence-electron chi connectivity index (χ0n) is 14.2. The molecule has 1 aliphatic carbocycles. The van der Waals surface area contributed by atoms with Crippen LogP contribution in [0.5, 0.6) is 0 Å². The fraction of sp³-hybridized carbons (Fsp3) is 0.684. The lowest BCUT2D eigenvalue weighted by atomic mass is 9.65. The summed E-state index contributed by atoms with van der Waals surface area (Å²) in [6, 6.07) is 0. The molecule has 0 saturated carbocycles. The van der Waals surface area contributed by atoms with Crippen molar-refractivity contribution in [3.63, 3.8) is 0 Å². The number of allylic oxidation sites excluding steroid dienone is 5. The van der Waals surface area contributed by atoms with Crippen molar-refractivity contribution in [2.24, 2.45) is 11.3 Å². The van der Waals surface area contributed by atoms with Gasteiger partial charge in [-0.05, 0) is 51.0 Å². The fourth-order valence-electron chi connectivity index (χ4n) is 2.84. The summed E-state index contributed by atoms with van der Waals surface area (Å²) >= 11 is 0. The summed E-state index contributed by atoms with van der Waals surface area (Å²) < 4.78 is 0. The average molecular weight is 276 g/mol. The van der Waals surface area contributed by atoms with Crippen molar-refractivity contribution in [3.8, 4) is 0 Å². The Hall–Kier alpha value is -0.820. The van der Waals surface area contributed by atoms with Crippen LogP contribution in [-0.2, 0) is 0 Å². The summed E-state index contributed by atoms with van der Waals surface area (Å²) in [4.78, 5) is 0. The maximum Gasteiger partial charge on any atom is 0.0713 e. The molecule has 0 spiro atoms. The smallest absolute Gasteiger partial charge is 0.0713 e. The summed E-state index contributed by atoms with van der Waals surface area (Å²) in [5.74, 6) is 0.677. The van der Waals surface area contributed by atoms with E-state index in [0.29, 0.717) is 5.92 Å². The van der Waals surface area contributed by atoms with Crippen LogP contribution in [-0.4, -0.2) is 10.7 Å². The molecule has 0 aromatic rings. The number of hydrogen-bond acceptors (Lipinski definition) is 1. The first-order valence-corrected chi connectivity index (χ1v) is 8.04. The van der Waals surface area contributed by atoms with Crippen molar-refractivity contribution in [3.05, 3.63) is 35.5 Å². The summed E-state index contributed by atoms with van der Waals surface area (Å²) in [6.07, 6.45) is 13.2. The van der Waals surface area contributed by atoms with E-state index < -0.39 is 5.60 Å². The summed E-state index contributed by atoms with van der Waals surface area (Å²) in [7, 11) is 0. The molecule has 114 valence electrons. The molecule has 1 N–H and O–H groups in total. The third-order valence-electron chi connectivity index (χ3n) is 5.14. The van der Waals surface area contributed by atoms with Crippen molar-refractivity contribution in [2.45, 2.75) is 72.8 Å². The van der Waals surface area contributed by atoms with E-state index in [4.69, 9.17) is 0 Å². The molecule has 0 amide bonds. The zero-order chi connectivity index (χ0) is 15.4. The monoisotopic (exact) mass is 276 g/mol. The molecule has 0 saturated heterocycles. The highest BCUT2D eigenvalue weighted by Crippen LogP contribution is 2.45. The standard InChI is InChI=1S/C19H32O/c1-7-16(8-2)14-15(3)11-12-17-10-9-13-19(6,20)18(17,4)5/h10-12,14,16,20H,7-9,13H2,1-6H3. The van der Waals surface area contributed by atoms with Crippen molar-refractivity contribution >= 4 is 0 Å². The van der Waals surface area contributed by atoms with Crippen LogP contribution in [0.25, 0.3) is 0 Å². The second-order valence-electron chi connectivity index (χ2n) is 6.92. The van der Waals surface area contributed by atoms with Crippen LogP contribution in [0.2, 0.25) is 0 Å². The van der Waals surface area contributed by atoms with Crippen LogP contribution in [0, 0.1) is 11.3 Å². The molecule has 0 radical (unpaired) electrons. The van der Waals surface area contributed by atoms with E-state index in [-0.39, 0.29) is 5.41 Å². The van der Waals surface area contributed by atoms with E-state index in [9.17, 15) is 5.11 Å². The van der Waals surface area contributed by atoms with E-state index in [0.717, 1.165) is 12.8 Å². The van der Waals surface area contributed by atoms with Gasteiger partial charge >= 0.3 is 0 Å². The maximum atomic E-state index is 10.6. The van der Waals surface area contributed by atoms with Crippen LogP contribution in [0.3, 0.4) is 0 Å². The normalized spacial score (nSPS) is 27.2. The second kappa shape index (κ2) is 6.76. The Morgan fingerprint density at radius 3 is 2.45 bits per heavy atom. The Morgan fingerprint density at radius 2 is 1.90 bits per heavy atom. The SMILES string of the molecule is CCC(C=C(C)C=CC1=CCCC(C)(O)C1(C)C)CC. The van der Waals surface area contributed by atoms with Gasteiger partial charge < -0.3 is 5.11 Å². The predicted octanol–water partition coefficient (Wildman–Crippen LogP) is 5.42. The molecule has 0 fully saturated rings. The van der Waals surface area contributed by atoms with Gasteiger partial charge in [-0.15, -0.1) is 0 Å². The topological polar surface area (TPSA) is 20.2 Å². The van der Waals surface area contributed by atoms with Gasteiger partial charge in [0.05, 0.1) is 5.60 Å². The first-order chi connectivity index (χ1) is 9.24. The van der Waals surface area contributed by atoms with E-state index in [2.05, 4.69) is 58.9 Å². The minimum atomic E-state index is -0.617. The molecular formula is C19H32O. The molecule has 1 unspecified atom stereocenters. The molecule has 1 heteroatoms. The minimum Gasteiger partial charge on any atom is -0.389 e. The quantitative estimate of drug-likeness (QED) is 0.664. The van der Waals surface area contributed by atoms with Crippen LogP contribution >= 0.6 is 0 Å². The Kier molecular flexibility index (Phi) is 5.82. The third kappa shape index (κ3) is 3.85. The number of hydrogen-bond donors (Lipinski definition) is 1. The van der Waals surface area contributed by atoms with Gasteiger partial charge in [0.15, 0.2) is 0 Å². The van der Waals surface area contributed by atoms with Crippen molar-refractivity contribution in [2.75, 3.05) is 0 Å². The Morgan fingerprint density at radius 1 is 1.30 bits per heavy atom. The van der Waals surface area contributed by atoms with Gasteiger partial charge in [0.2, 0.25) is 0 Å². The van der Waals surface area contributed by atoms with Gasteiger partial charge in [0.1, 0.15) is 0 Å². The Balaban J connectivity index is 2.87. The Labute approximate surface area is 125 Å². The van der Waals surface area contributed by atoms with E-state index in [1.807, 2.05) is 6.92 Å². The van der Waals surface area contributed by atoms with Gasteiger partial charge in [0, 0.05) is 5.41 Å². The molecule has 0 aliphatic heterocycles. The molecule has 1 aliphatic rings. The van der Waals surface area contributed by atoms with Crippen molar-refractivity contribution in [1.82, 2.24) is 0 Å². The molecule has 0 aromatic carbocycles. The summed E-state index contributed by atoms with van der Waals surface area (Å²) in [5, 5.41) is 10.6. The molecule has 1 nitrogen and oxygen atoms in total. The average Bonchev–Trinajstić information content (AvgIpc) is 2.37. The highest BCUT2D eigenvalue weighted by molar-refractivity contribution is 5.35. The van der Waals surface area contributed by atoms with Crippen LogP contribution in [0.15, 0.2) is 35.5 Å². The lowest BCUT2D eigenvalue weighted by Crippen LogP contribution is -2.44. The van der Waals surface area contributed by atoms with Crippen LogP contribution in [0.4, 0.5) is 0 Å². The molecular weight excluding hydrogens is 244 g/mol. The number of rotatable bonds is 5. The molecule has 0 bridgehead atoms. The van der Waals surface area contributed by atoms with Crippen molar-refractivity contribution < 1.29 is 5.11 Å². The highest BCUT2D eigenvalue weighted by Gasteiger charge is 2.42. The third-order valence-corrected chi connectivity index (χ3v) is 5.14. The van der Waals surface area contributed by atoms with E-state index >= 15 is 0 Å². The van der Waals surface area contributed by atoms with Gasteiger partial charge in [-0.2, -0.15) is 0 Å². The Bertz CT molecular complexity index is 403. The first-order valence-electron chi connectivity index (χ1n) is 8.04. The molecule has 1 atom stereocenters. The zero-order valence-corrected chi connectivity index (χ0v) is 14.2. The number of aliphatic hydroxyl groups is 1. The van der Waals surface area contributed by atoms with Gasteiger partial charge in [-0.1, -0.05) is 57.6 Å². The van der Waals surface area contributed by atoms with E-state index in [1.54, 1.807) is 0 Å². The van der Waals surface area contributed by atoms with Crippen molar-refractivity contribution in [1.29, 1.82) is 0 Å². The summed E-state index contributed by atoms with van der Waals surface area (Å²) in [6.45, 7) is 12.9. The first kappa shape index (κ1) is 17.2. The largest absolute Gasteiger partial charge is 0.389 e. The molecule has 0 heterocycles. The van der Waals surface area contributed by atoms with E-state index in [1.165, 1.54) is 24.0 Å². The fourth-order valence-corrected chi connectivity index (χ4v) is 2.84. The van der Waals surface area contributed by atoms with Gasteiger partial charge in [-0.25, -0.2) is 0 Å².